The molecule has 1 atom stereocenters. The number of anilines is 1. The first kappa shape index (κ1) is 16.4. The van der Waals surface area contributed by atoms with E-state index in [0.717, 1.165) is 0 Å². The summed E-state index contributed by atoms with van der Waals surface area (Å²) in [5, 5.41) is 10.9. The van der Waals surface area contributed by atoms with Gasteiger partial charge in [-0.1, -0.05) is 6.07 Å². The lowest BCUT2D eigenvalue weighted by atomic mass is 10.1. The molecule has 1 unspecified atom stereocenters. The van der Waals surface area contributed by atoms with Crippen LogP contribution in [0.3, 0.4) is 0 Å². The number of aromatic nitrogens is 1. The average molecular weight is 342 g/mol. The molecular weight excluding hydrogens is 324 g/mol. The van der Waals surface area contributed by atoms with Crippen LogP contribution < -0.4 is 4.90 Å². The van der Waals surface area contributed by atoms with E-state index in [2.05, 4.69) is 9.88 Å². The van der Waals surface area contributed by atoms with E-state index in [9.17, 15) is 13.9 Å². The highest BCUT2D eigenvalue weighted by atomic mass is 35.5. The highest BCUT2D eigenvalue weighted by molar-refractivity contribution is 6.18. The van der Waals surface area contributed by atoms with E-state index in [1.807, 2.05) is 4.90 Å². The number of hydrogen-bond acceptors (Lipinski definition) is 4. The SMILES string of the molecule is OC(CCl)CN1CCN(c2nc(F)cc3ccc(F)cc23)CC1. The van der Waals surface area contributed by atoms with Crippen molar-refractivity contribution >= 4 is 28.2 Å². The van der Waals surface area contributed by atoms with Gasteiger partial charge in [0.1, 0.15) is 11.6 Å². The summed E-state index contributed by atoms with van der Waals surface area (Å²) in [5.74, 6) is -0.262. The zero-order valence-electron chi connectivity index (χ0n) is 12.6. The molecule has 23 heavy (non-hydrogen) atoms. The monoisotopic (exact) mass is 341 g/mol. The van der Waals surface area contributed by atoms with Crippen molar-refractivity contribution in [1.82, 2.24) is 9.88 Å². The van der Waals surface area contributed by atoms with Gasteiger partial charge in [0.05, 0.1) is 6.10 Å². The van der Waals surface area contributed by atoms with Crippen LogP contribution in [0.2, 0.25) is 0 Å². The minimum atomic E-state index is -0.570. The minimum absolute atomic E-state index is 0.204. The number of rotatable bonds is 4. The van der Waals surface area contributed by atoms with Crippen LogP contribution in [-0.2, 0) is 0 Å². The van der Waals surface area contributed by atoms with Crippen LogP contribution in [0.1, 0.15) is 0 Å². The number of aliphatic hydroxyl groups excluding tert-OH is 1. The summed E-state index contributed by atoms with van der Waals surface area (Å²) in [7, 11) is 0. The Morgan fingerprint density at radius 2 is 1.91 bits per heavy atom. The van der Waals surface area contributed by atoms with E-state index in [1.165, 1.54) is 18.2 Å². The van der Waals surface area contributed by atoms with Crippen molar-refractivity contribution in [2.24, 2.45) is 0 Å². The third kappa shape index (κ3) is 3.71. The number of alkyl halides is 1. The quantitative estimate of drug-likeness (QED) is 0.684. The molecule has 1 aromatic heterocycles. The van der Waals surface area contributed by atoms with E-state index in [0.29, 0.717) is 49.3 Å². The van der Waals surface area contributed by atoms with Gasteiger partial charge in [0.2, 0.25) is 5.95 Å². The van der Waals surface area contributed by atoms with Crippen molar-refractivity contribution in [3.8, 4) is 0 Å². The molecule has 7 heteroatoms. The Hall–Kier alpha value is -1.50. The summed E-state index contributed by atoms with van der Waals surface area (Å²) in [6, 6.07) is 5.58. The third-order valence-electron chi connectivity index (χ3n) is 4.06. The molecule has 2 aromatic rings. The van der Waals surface area contributed by atoms with E-state index < -0.39 is 12.1 Å². The maximum Gasteiger partial charge on any atom is 0.215 e. The zero-order chi connectivity index (χ0) is 16.4. The van der Waals surface area contributed by atoms with Gasteiger partial charge in [-0.15, -0.1) is 11.6 Å². The summed E-state index contributed by atoms with van der Waals surface area (Å²) >= 11 is 5.62. The molecule has 1 aliphatic heterocycles. The highest BCUT2D eigenvalue weighted by Crippen LogP contribution is 2.27. The minimum Gasteiger partial charge on any atom is -0.391 e. The second kappa shape index (κ2) is 6.95. The molecule has 0 bridgehead atoms. The Morgan fingerprint density at radius 3 is 2.61 bits per heavy atom. The van der Waals surface area contributed by atoms with Gasteiger partial charge in [-0.2, -0.15) is 4.39 Å². The van der Waals surface area contributed by atoms with Crippen molar-refractivity contribution in [1.29, 1.82) is 0 Å². The maximum atomic E-state index is 13.8. The number of nitrogens with zero attached hydrogens (tertiary/aromatic N) is 3. The summed E-state index contributed by atoms with van der Waals surface area (Å²) in [6.07, 6.45) is -0.551. The predicted molar refractivity (Wildman–Crippen MR) is 87.0 cm³/mol. The molecule has 0 radical (unpaired) electrons. The molecule has 1 saturated heterocycles. The van der Waals surface area contributed by atoms with Crippen molar-refractivity contribution in [2.75, 3.05) is 43.5 Å². The van der Waals surface area contributed by atoms with Gasteiger partial charge >= 0.3 is 0 Å². The Labute approximate surface area is 138 Å². The number of aliphatic hydroxyl groups is 1. The zero-order valence-corrected chi connectivity index (χ0v) is 13.3. The van der Waals surface area contributed by atoms with Gasteiger partial charge in [-0.3, -0.25) is 4.90 Å². The van der Waals surface area contributed by atoms with Crippen LogP contribution in [0, 0.1) is 11.8 Å². The fourth-order valence-electron chi connectivity index (χ4n) is 2.90. The van der Waals surface area contributed by atoms with Crippen molar-refractivity contribution in [3.05, 3.63) is 36.0 Å². The van der Waals surface area contributed by atoms with Crippen LogP contribution in [-0.4, -0.2) is 59.7 Å². The topological polar surface area (TPSA) is 39.6 Å². The number of hydrogen-bond donors (Lipinski definition) is 1. The third-order valence-corrected chi connectivity index (χ3v) is 4.42. The summed E-state index contributed by atoms with van der Waals surface area (Å²) < 4.78 is 27.3. The molecule has 1 fully saturated rings. The Balaban J connectivity index is 1.80. The second-order valence-corrected chi connectivity index (χ2v) is 6.04. The highest BCUT2D eigenvalue weighted by Gasteiger charge is 2.22. The Bertz CT molecular complexity index is 692. The molecule has 3 rings (SSSR count). The molecule has 1 aromatic carbocycles. The lowest BCUT2D eigenvalue weighted by molar-refractivity contribution is 0.125. The van der Waals surface area contributed by atoms with Gasteiger partial charge < -0.3 is 10.0 Å². The number of pyridine rings is 1. The maximum absolute atomic E-state index is 13.8. The molecule has 2 heterocycles. The Morgan fingerprint density at radius 1 is 1.17 bits per heavy atom. The molecule has 0 saturated carbocycles. The number of fused-ring (bicyclic) bond motifs is 1. The standard InChI is InChI=1S/C16H18ClF2N3O/c17-9-13(23)10-21-3-5-22(6-4-21)16-14-8-12(18)2-1-11(14)7-15(19)20-16/h1-2,7-8,13,23H,3-6,9-10H2. The summed E-state index contributed by atoms with van der Waals surface area (Å²) in [6.45, 7) is 3.21. The molecule has 0 amide bonds. The number of halogens is 3. The Kier molecular flexibility index (Phi) is 4.94. The smallest absolute Gasteiger partial charge is 0.215 e. The lowest BCUT2D eigenvalue weighted by Crippen LogP contribution is -2.49. The van der Waals surface area contributed by atoms with Crippen LogP contribution in [0.4, 0.5) is 14.6 Å². The fraction of sp³-hybridized carbons (Fsp3) is 0.438. The van der Waals surface area contributed by atoms with Gasteiger partial charge in [0.15, 0.2) is 0 Å². The van der Waals surface area contributed by atoms with E-state index in [1.54, 1.807) is 6.07 Å². The molecular formula is C16H18ClF2N3O. The first-order chi connectivity index (χ1) is 11.1. The number of β-amino-alcohol motifs (C(OH)–C–C–N with tert-alkyl or cyclic N) is 1. The first-order valence-electron chi connectivity index (χ1n) is 7.54. The molecule has 0 aliphatic carbocycles. The van der Waals surface area contributed by atoms with Gasteiger partial charge in [0, 0.05) is 50.1 Å². The second-order valence-electron chi connectivity index (χ2n) is 5.73. The van der Waals surface area contributed by atoms with Crippen LogP contribution in [0.25, 0.3) is 10.8 Å². The van der Waals surface area contributed by atoms with E-state index in [-0.39, 0.29) is 11.7 Å². The van der Waals surface area contributed by atoms with Crippen molar-refractivity contribution < 1.29 is 13.9 Å². The molecule has 1 N–H and O–H groups in total. The van der Waals surface area contributed by atoms with Gasteiger partial charge in [0.25, 0.3) is 0 Å². The first-order valence-corrected chi connectivity index (χ1v) is 8.07. The van der Waals surface area contributed by atoms with Crippen LogP contribution in [0.5, 0.6) is 0 Å². The largest absolute Gasteiger partial charge is 0.391 e. The number of benzene rings is 1. The molecule has 1 aliphatic rings. The van der Waals surface area contributed by atoms with Gasteiger partial charge in [-0.25, -0.2) is 9.37 Å². The summed E-state index contributed by atoms with van der Waals surface area (Å²) in [4.78, 5) is 8.03. The lowest BCUT2D eigenvalue weighted by Gasteiger charge is -2.36. The van der Waals surface area contributed by atoms with Crippen molar-refractivity contribution in [3.63, 3.8) is 0 Å². The normalized spacial score (nSPS) is 17.7. The molecule has 4 nitrogen and oxygen atoms in total. The van der Waals surface area contributed by atoms with Crippen LogP contribution in [0.15, 0.2) is 24.3 Å². The molecule has 124 valence electrons. The molecule has 0 spiro atoms. The fourth-order valence-corrected chi connectivity index (χ4v) is 3.00. The van der Waals surface area contributed by atoms with E-state index >= 15 is 0 Å². The van der Waals surface area contributed by atoms with E-state index in [4.69, 9.17) is 11.6 Å². The van der Waals surface area contributed by atoms with Crippen LogP contribution >= 0.6 is 11.6 Å². The van der Waals surface area contributed by atoms with Gasteiger partial charge in [-0.05, 0) is 17.5 Å². The van der Waals surface area contributed by atoms with Crippen molar-refractivity contribution in [2.45, 2.75) is 6.10 Å². The number of piperazine rings is 1. The summed E-state index contributed by atoms with van der Waals surface area (Å²) in [5.41, 5.74) is 0. The average Bonchev–Trinajstić information content (AvgIpc) is 2.55. The predicted octanol–water partition coefficient (Wildman–Crippen LogP) is 2.23.